The number of hydrogen-bond acceptors (Lipinski definition) is 4. The summed E-state index contributed by atoms with van der Waals surface area (Å²) in [4.78, 5) is 26.6. The Bertz CT molecular complexity index is 1040. The van der Waals surface area contributed by atoms with E-state index in [0.717, 1.165) is 25.1 Å². The lowest BCUT2D eigenvalue weighted by Gasteiger charge is -2.38. The Morgan fingerprint density at radius 3 is 2.49 bits per heavy atom. The van der Waals surface area contributed by atoms with Gasteiger partial charge in [-0.05, 0) is 55.5 Å². The fourth-order valence-corrected chi connectivity index (χ4v) is 4.57. The highest BCUT2D eigenvalue weighted by atomic mass is 35.5. The molecule has 2 N–H and O–H groups in total. The average Bonchev–Trinajstić information content (AvgIpc) is 2.80. The summed E-state index contributed by atoms with van der Waals surface area (Å²) in [6.45, 7) is 6.60. The number of hydrogen-bond donors (Lipinski definition) is 2. The number of ether oxygens (including phenoxy) is 1. The van der Waals surface area contributed by atoms with Crippen molar-refractivity contribution >= 4 is 34.9 Å². The van der Waals surface area contributed by atoms with Crippen LogP contribution in [0.25, 0.3) is 0 Å². The second-order valence-corrected chi connectivity index (χ2v) is 10.00. The standard InChI is InChI=1S/C27H34ClFN2O4/c1-17(2)16-31(20-7-5-4-6-8-20)25-12-10-21(35-18(3)27(33)34)15-24(25)30-26(32)14-19-9-11-22(28)23(29)13-19/h9-13,15,17-18,20H,4-8,14,16H2,1-3H3,(H,30,32)(H,33,34). The molecule has 3 rings (SSSR count). The van der Waals surface area contributed by atoms with Gasteiger partial charge in [0.25, 0.3) is 0 Å². The van der Waals surface area contributed by atoms with E-state index in [-0.39, 0.29) is 17.4 Å². The molecule has 0 spiro atoms. The number of aliphatic carboxylic acids is 1. The van der Waals surface area contributed by atoms with Gasteiger partial charge in [-0.3, -0.25) is 4.79 Å². The first-order valence-electron chi connectivity index (χ1n) is 12.2. The Hall–Kier alpha value is -2.80. The molecule has 8 heteroatoms. The smallest absolute Gasteiger partial charge is 0.344 e. The van der Waals surface area contributed by atoms with Crippen LogP contribution in [-0.2, 0) is 16.0 Å². The Balaban J connectivity index is 1.92. The molecule has 0 saturated heterocycles. The summed E-state index contributed by atoms with van der Waals surface area (Å²) < 4.78 is 19.4. The number of carboxylic acid groups (broad SMARTS) is 1. The van der Waals surface area contributed by atoms with Crippen LogP contribution in [0.2, 0.25) is 5.02 Å². The summed E-state index contributed by atoms with van der Waals surface area (Å²) in [5.41, 5.74) is 1.92. The van der Waals surface area contributed by atoms with Gasteiger partial charge in [0.2, 0.25) is 5.91 Å². The Morgan fingerprint density at radius 2 is 1.86 bits per heavy atom. The Morgan fingerprint density at radius 1 is 1.14 bits per heavy atom. The number of nitrogens with zero attached hydrogens (tertiary/aromatic N) is 1. The van der Waals surface area contributed by atoms with Gasteiger partial charge in [-0.1, -0.05) is 50.8 Å². The van der Waals surface area contributed by atoms with Gasteiger partial charge in [0.15, 0.2) is 6.10 Å². The maximum absolute atomic E-state index is 13.9. The largest absolute Gasteiger partial charge is 0.479 e. The Kier molecular flexibility index (Phi) is 9.38. The molecule has 1 fully saturated rings. The van der Waals surface area contributed by atoms with Gasteiger partial charge in [0.05, 0.1) is 22.8 Å². The molecule has 1 amide bonds. The van der Waals surface area contributed by atoms with Crippen molar-refractivity contribution in [2.24, 2.45) is 5.92 Å². The topological polar surface area (TPSA) is 78.9 Å². The van der Waals surface area contributed by atoms with E-state index in [1.165, 1.54) is 38.3 Å². The number of benzene rings is 2. The molecule has 1 unspecified atom stereocenters. The molecule has 1 atom stereocenters. The molecule has 6 nitrogen and oxygen atoms in total. The molecule has 2 aromatic carbocycles. The number of carbonyl (C=O) groups is 2. The fraction of sp³-hybridized carbons (Fsp3) is 0.481. The maximum atomic E-state index is 13.9. The summed E-state index contributed by atoms with van der Waals surface area (Å²) in [5, 5.41) is 12.2. The van der Waals surface area contributed by atoms with E-state index in [0.29, 0.717) is 29.0 Å². The van der Waals surface area contributed by atoms with Gasteiger partial charge >= 0.3 is 5.97 Å². The van der Waals surface area contributed by atoms with Crippen LogP contribution < -0.4 is 15.0 Å². The quantitative estimate of drug-likeness (QED) is 0.396. The summed E-state index contributed by atoms with van der Waals surface area (Å²) in [7, 11) is 0. The van der Waals surface area contributed by atoms with Crippen molar-refractivity contribution in [2.75, 3.05) is 16.8 Å². The van der Waals surface area contributed by atoms with Gasteiger partial charge < -0.3 is 20.1 Å². The second kappa shape index (κ2) is 12.2. The minimum absolute atomic E-state index is 0.00524. The lowest BCUT2D eigenvalue weighted by Crippen LogP contribution is -2.40. The van der Waals surface area contributed by atoms with Gasteiger partial charge in [0, 0.05) is 18.7 Å². The summed E-state index contributed by atoms with van der Waals surface area (Å²) in [6.07, 6.45) is 4.66. The monoisotopic (exact) mass is 504 g/mol. The molecule has 2 aromatic rings. The van der Waals surface area contributed by atoms with Crippen molar-refractivity contribution in [3.8, 4) is 5.75 Å². The third-order valence-electron chi connectivity index (χ3n) is 6.14. The van der Waals surface area contributed by atoms with Gasteiger partial charge in [-0.25, -0.2) is 9.18 Å². The van der Waals surface area contributed by atoms with Crippen LogP contribution in [0.4, 0.5) is 15.8 Å². The van der Waals surface area contributed by atoms with E-state index in [1.807, 2.05) is 6.07 Å². The number of amides is 1. The van der Waals surface area contributed by atoms with Crippen molar-refractivity contribution in [2.45, 2.75) is 71.4 Å². The zero-order valence-electron chi connectivity index (χ0n) is 20.5. The molecule has 1 aliphatic rings. The molecule has 35 heavy (non-hydrogen) atoms. The third-order valence-corrected chi connectivity index (χ3v) is 6.44. The number of anilines is 2. The lowest BCUT2D eigenvalue weighted by molar-refractivity contribution is -0.144. The van der Waals surface area contributed by atoms with Gasteiger partial charge in [0.1, 0.15) is 11.6 Å². The molecule has 1 aliphatic carbocycles. The predicted molar refractivity (Wildman–Crippen MR) is 137 cm³/mol. The van der Waals surface area contributed by atoms with Crippen LogP contribution in [0.5, 0.6) is 5.75 Å². The van der Waals surface area contributed by atoms with Crippen molar-refractivity contribution in [1.29, 1.82) is 0 Å². The molecule has 0 aliphatic heterocycles. The summed E-state index contributed by atoms with van der Waals surface area (Å²) in [6, 6.07) is 9.97. The number of rotatable bonds is 10. The number of halogens is 2. The number of carboxylic acids is 1. The normalized spacial score (nSPS) is 15.0. The predicted octanol–water partition coefficient (Wildman–Crippen LogP) is 6.31. The van der Waals surface area contributed by atoms with Crippen LogP contribution in [0.1, 0.15) is 58.4 Å². The number of nitrogens with one attached hydrogen (secondary N) is 1. The first-order valence-corrected chi connectivity index (χ1v) is 12.6. The van der Waals surface area contributed by atoms with E-state index >= 15 is 0 Å². The van der Waals surface area contributed by atoms with E-state index in [9.17, 15) is 19.1 Å². The lowest BCUT2D eigenvalue weighted by atomic mass is 9.93. The first kappa shape index (κ1) is 26.8. The summed E-state index contributed by atoms with van der Waals surface area (Å²) in [5.74, 6) is -1.21. The summed E-state index contributed by atoms with van der Waals surface area (Å²) >= 11 is 5.76. The molecule has 0 heterocycles. The van der Waals surface area contributed by atoms with Crippen LogP contribution in [0, 0.1) is 11.7 Å². The van der Waals surface area contributed by atoms with E-state index in [1.54, 1.807) is 18.2 Å². The van der Waals surface area contributed by atoms with Gasteiger partial charge in [-0.2, -0.15) is 0 Å². The molecular weight excluding hydrogens is 471 g/mol. The molecule has 0 radical (unpaired) electrons. The molecule has 0 bridgehead atoms. The number of carbonyl (C=O) groups excluding carboxylic acids is 1. The minimum atomic E-state index is -1.08. The third kappa shape index (κ3) is 7.59. The second-order valence-electron chi connectivity index (χ2n) is 9.59. The van der Waals surface area contributed by atoms with E-state index in [4.69, 9.17) is 16.3 Å². The maximum Gasteiger partial charge on any atom is 0.344 e. The first-order chi connectivity index (χ1) is 16.6. The van der Waals surface area contributed by atoms with Crippen molar-refractivity contribution in [1.82, 2.24) is 0 Å². The van der Waals surface area contributed by atoms with Crippen LogP contribution in [0.15, 0.2) is 36.4 Å². The molecule has 190 valence electrons. The van der Waals surface area contributed by atoms with E-state index < -0.39 is 17.9 Å². The van der Waals surface area contributed by atoms with Crippen molar-refractivity contribution in [3.63, 3.8) is 0 Å². The van der Waals surface area contributed by atoms with Crippen molar-refractivity contribution < 1.29 is 23.8 Å². The van der Waals surface area contributed by atoms with Crippen LogP contribution in [-0.4, -0.2) is 35.7 Å². The minimum Gasteiger partial charge on any atom is -0.479 e. The molecule has 1 saturated carbocycles. The zero-order chi connectivity index (χ0) is 25.5. The molecular formula is C27H34ClFN2O4. The highest BCUT2D eigenvalue weighted by molar-refractivity contribution is 6.30. The SMILES string of the molecule is CC(C)CN(c1ccc(OC(C)C(=O)O)cc1NC(=O)Cc1ccc(Cl)c(F)c1)C1CCCCC1. The zero-order valence-corrected chi connectivity index (χ0v) is 21.3. The van der Waals surface area contributed by atoms with E-state index in [2.05, 4.69) is 24.1 Å². The highest BCUT2D eigenvalue weighted by Crippen LogP contribution is 2.36. The average molecular weight is 505 g/mol. The Labute approximate surface area is 211 Å². The molecule has 0 aromatic heterocycles. The fourth-order valence-electron chi connectivity index (χ4n) is 4.45. The van der Waals surface area contributed by atoms with Crippen LogP contribution >= 0.6 is 11.6 Å². The van der Waals surface area contributed by atoms with Crippen molar-refractivity contribution in [3.05, 3.63) is 52.8 Å². The highest BCUT2D eigenvalue weighted by Gasteiger charge is 2.25. The van der Waals surface area contributed by atoms with Crippen LogP contribution in [0.3, 0.4) is 0 Å². The van der Waals surface area contributed by atoms with Gasteiger partial charge in [-0.15, -0.1) is 0 Å².